The van der Waals surface area contributed by atoms with Gasteiger partial charge in [0, 0.05) is 17.5 Å². The standard InChI is InChI=1S/C21H22N4O7/c1-4-30-16-9-12(10-17(31-5-2)19(16)32-6-3)20(26)24-23-18-14-11-13(25(28)29)7-8-15(14)22-21(18)27/h7-11,22,27H,4-6H2,1-3H3. The van der Waals surface area contributed by atoms with Gasteiger partial charge in [0.25, 0.3) is 11.6 Å². The molecule has 1 aromatic heterocycles. The maximum Gasteiger partial charge on any atom is 0.295 e. The third kappa shape index (κ3) is 4.61. The van der Waals surface area contributed by atoms with Crippen LogP contribution in [0.2, 0.25) is 0 Å². The number of hydrogen-bond donors (Lipinski definition) is 2. The van der Waals surface area contributed by atoms with E-state index in [4.69, 9.17) is 14.2 Å². The molecule has 2 N–H and O–H groups in total. The molecule has 11 nitrogen and oxygen atoms in total. The van der Waals surface area contributed by atoms with Crippen LogP contribution in [0.5, 0.6) is 23.1 Å². The largest absolute Gasteiger partial charge is 0.493 e. The molecule has 0 aliphatic heterocycles. The zero-order valence-corrected chi connectivity index (χ0v) is 17.7. The van der Waals surface area contributed by atoms with Gasteiger partial charge < -0.3 is 24.3 Å². The Morgan fingerprint density at radius 1 is 1.06 bits per heavy atom. The molecule has 0 atom stereocenters. The van der Waals surface area contributed by atoms with Crippen molar-refractivity contribution in [1.82, 2.24) is 4.98 Å². The van der Waals surface area contributed by atoms with Crippen LogP contribution in [0.3, 0.4) is 0 Å². The summed E-state index contributed by atoms with van der Waals surface area (Å²) in [5.74, 6) is -0.0667. The maximum absolute atomic E-state index is 12.7. The fourth-order valence-electron chi connectivity index (χ4n) is 3.03. The summed E-state index contributed by atoms with van der Waals surface area (Å²) in [6, 6.07) is 6.90. The minimum absolute atomic E-state index is 0.0851. The topological polar surface area (TPSA) is 149 Å². The van der Waals surface area contributed by atoms with Crippen LogP contribution in [0.15, 0.2) is 40.6 Å². The molecule has 0 radical (unpaired) electrons. The van der Waals surface area contributed by atoms with E-state index in [1.54, 1.807) is 13.8 Å². The summed E-state index contributed by atoms with van der Waals surface area (Å²) in [6.45, 7) is 6.46. The fourth-order valence-corrected chi connectivity index (χ4v) is 3.03. The number of aromatic hydroxyl groups is 1. The molecular formula is C21H22N4O7. The molecule has 0 aliphatic carbocycles. The van der Waals surface area contributed by atoms with Crippen LogP contribution in [0.4, 0.5) is 11.4 Å². The Kier molecular flexibility index (Phi) is 6.88. The van der Waals surface area contributed by atoms with Crippen molar-refractivity contribution < 1.29 is 29.0 Å². The molecule has 168 valence electrons. The van der Waals surface area contributed by atoms with Crippen molar-refractivity contribution in [2.24, 2.45) is 10.2 Å². The lowest BCUT2D eigenvalue weighted by atomic mass is 10.1. The molecule has 0 saturated carbocycles. The number of carbonyl (C=O) groups excluding carboxylic acids is 1. The third-order valence-corrected chi connectivity index (χ3v) is 4.34. The second-order valence-corrected chi connectivity index (χ2v) is 6.42. The van der Waals surface area contributed by atoms with Crippen molar-refractivity contribution in [3.63, 3.8) is 0 Å². The molecule has 32 heavy (non-hydrogen) atoms. The molecule has 3 aromatic rings. The van der Waals surface area contributed by atoms with E-state index >= 15 is 0 Å². The highest BCUT2D eigenvalue weighted by atomic mass is 16.6. The predicted octanol–water partition coefficient (Wildman–Crippen LogP) is 4.90. The number of nitrogens with zero attached hydrogens (tertiary/aromatic N) is 3. The van der Waals surface area contributed by atoms with Crippen LogP contribution in [0.1, 0.15) is 31.1 Å². The number of rotatable bonds is 9. The molecule has 3 rings (SSSR count). The molecule has 0 fully saturated rings. The van der Waals surface area contributed by atoms with Gasteiger partial charge in [0.05, 0.1) is 35.8 Å². The Morgan fingerprint density at radius 2 is 1.69 bits per heavy atom. The Hall–Kier alpha value is -4.15. The first-order valence-corrected chi connectivity index (χ1v) is 9.91. The molecule has 1 amide bonds. The highest BCUT2D eigenvalue weighted by Crippen LogP contribution is 2.40. The minimum Gasteiger partial charge on any atom is -0.493 e. The van der Waals surface area contributed by atoms with Crippen molar-refractivity contribution in [2.75, 3.05) is 19.8 Å². The number of aromatic amines is 1. The van der Waals surface area contributed by atoms with E-state index in [1.165, 1.54) is 30.3 Å². The van der Waals surface area contributed by atoms with Crippen LogP contribution < -0.4 is 14.2 Å². The highest BCUT2D eigenvalue weighted by Gasteiger charge is 2.19. The third-order valence-electron chi connectivity index (χ3n) is 4.34. The summed E-state index contributed by atoms with van der Waals surface area (Å²) >= 11 is 0. The SMILES string of the molecule is CCOc1cc(C(=O)N=Nc2c(O)[nH]c3ccc([N+](=O)[O-])cc23)cc(OCC)c1OCC. The molecule has 1 heterocycles. The van der Waals surface area contributed by atoms with E-state index in [-0.39, 0.29) is 28.2 Å². The number of H-pyrrole nitrogens is 1. The molecular weight excluding hydrogens is 420 g/mol. The zero-order chi connectivity index (χ0) is 23.3. The van der Waals surface area contributed by atoms with Gasteiger partial charge in [-0.3, -0.25) is 14.9 Å². The van der Waals surface area contributed by atoms with Gasteiger partial charge in [0.1, 0.15) is 0 Å². The summed E-state index contributed by atoms with van der Waals surface area (Å²) < 4.78 is 16.8. The molecule has 0 spiro atoms. The number of aromatic nitrogens is 1. The number of amides is 1. The number of carbonyl (C=O) groups is 1. The second-order valence-electron chi connectivity index (χ2n) is 6.42. The summed E-state index contributed by atoms with van der Waals surface area (Å²) in [7, 11) is 0. The van der Waals surface area contributed by atoms with Crippen LogP contribution >= 0.6 is 0 Å². The first-order valence-electron chi connectivity index (χ1n) is 9.91. The van der Waals surface area contributed by atoms with Gasteiger partial charge in [-0.2, -0.15) is 0 Å². The summed E-state index contributed by atoms with van der Waals surface area (Å²) in [5, 5.41) is 29.0. The van der Waals surface area contributed by atoms with Gasteiger partial charge >= 0.3 is 0 Å². The van der Waals surface area contributed by atoms with Crippen LogP contribution in [-0.2, 0) is 0 Å². The van der Waals surface area contributed by atoms with Crippen LogP contribution in [0.25, 0.3) is 10.9 Å². The number of benzene rings is 2. The van der Waals surface area contributed by atoms with Gasteiger partial charge in [-0.1, -0.05) is 0 Å². The zero-order valence-electron chi connectivity index (χ0n) is 17.7. The van der Waals surface area contributed by atoms with Gasteiger partial charge in [-0.15, -0.1) is 10.2 Å². The van der Waals surface area contributed by atoms with Gasteiger partial charge in [0.2, 0.25) is 11.6 Å². The van der Waals surface area contributed by atoms with E-state index in [0.717, 1.165) is 0 Å². The Labute approximate surface area is 182 Å². The van der Waals surface area contributed by atoms with Crippen molar-refractivity contribution in [3.8, 4) is 23.1 Å². The number of hydrogen-bond acceptors (Lipinski definition) is 8. The lowest BCUT2D eigenvalue weighted by Gasteiger charge is -2.16. The Balaban J connectivity index is 2.00. The number of ether oxygens (including phenoxy) is 3. The minimum atomic E-state index is -0.728. The van der Waals surface area contributed by atoms with Gasteiger partial charge in [-0.25, -0.2) is 0 Å². The van der Waals surface area contributed by atoms with Crippen LogP contribution in [-0.4, -0.2) is 40.7 Å². The number of non-ortho nitro benzene ring substituents is 1. The van der Waals surface area contributed by atoms with Gasteiger partial charge in [0.15, 0.2) is 17.2 Å². The average Bonchev–Trinajstić information content (AvgIpc) is 3.08. The monoisotopic (exact) mass is 442 g/mol. The predicted molar refractivity (Wildman–Crippen MR) is 115 cm³/mol. The highest BCUT2D eigenvalue weighted by molar-refractivity contribution is 5.98. The lowest BCUT2D eigenvalue weighted by Crippen LogP contribution is -2.05. The number of nitro groups is 1. The fraction of sp³-hybridized carbons (Fsp3) is 0.286. The Bertz CT molecular complexity index is 1160. The van der Waals surface area contributed by atoms with E-state index in [0.29, 0.717) is 42.6 Å². The van der Waals surface area contributed by atoms with E-state index < -0.39 is 10.8 Å². The molecule has 2 aromatic carbocycles. The molecule has 0 saturated heterocycles. The van der Waals surface area contributed by atoms with Crippen molar-refractivity contribution >= 4 is 28.2 Å². The molecule has 0 unspecified atom stereocenters. The van der Waals surface area contributed by atoms with E-state index in [2.05, 4.69) is 15.2 Å². The van der Waals surface area contributed by atoms with Crippen molar-refractivity contribution in [2.45, 2.75) is 20.8 Å². The first kappa shape index (κ1) is 22.5. The maximum atomic E-state index is 12.7. The number of nitro benzene ring substituents is 1. The molecule has 0 bridgehead atoms. The molecule has 11 heteroatoms. The van der Waals surface area contributed by atoms with Crippen molar-refractivity contribution in [1.29, 1.82) is 0 Å². The second kappa shape index (κ2) is 9.77. The molecule has 0 aliphatic rings. The average molecular weight is 442 g/mol. The number of nitrogens with one attached hydrogen (secondary N) is 1. The lowest BCUT2D eigenvalue weighted by molar-refractivity contribution is -0.384. The smallest absolute Gasteiger partial charge is 0.295 e. The normalized spacial score (nSPS) is 11.1. The van der Waals surface area contributed by atoms with E-state index in [1.807, 2.05) is 6.92 Å². The van der Waals surface area contributed by atoms with Gasteiger partial charge in [-0.05, 0) is 39.0 Å². The number of azo groups is 1. The van der Waals surface area contributed by atoms with E-state index in [9.17, 15) is 20.0 Å². The quantitative estimate of drug-likeness (QED) is 0.272. The first-order chi connectivity index (χ1) is 15.4. The number of fused-ring (bicyclic) bond motifs is 1. The Morgan fingerprint density at radius 3 is 2.25 bits per heavy atom. The van der Waals surface area contributed by atoms with Crippen molar-refractivity contribution in [3.05, 3.63) is 46.0 Å². The van der Waals surface area contributed by atoms with Crippen LogP contribution in [0, 0.1) is 10.1 Å². The summed E-state index contributed by atoms with van der Waals surface area (Å²) in [4.78, 5) is 25.9. The summed E-state index contributed by atoms with van der Waals surface area (Å²) in [6.07, 6.45) is 0. The summed E-state index contributed by atoms with van der Waals surface area (Å²) in [5.41, 5.74) is 0.272.